The highest BCUT2D eigenvalue weighted by molar-refractivity contribution is 5.98. The molecule has 0 aromatic heterocycles. The summed E-state index contributed by atoms with van der Waals surface area (Å²) in [5.41, 5.74) is 7.95. The average molecular weight is 259 g/mol. The zero-order chi connectivity index (χ0) is 14.0. The van der Waals surface area contributed by atoms with E-state index in [-0.39, 0.29) is 11.4 Å². The Morgan fingerprint density at radius 2 is 2.21 bits per heavy atom. The van der Waals surface area contributed by atoms with E-state index >= 15 is 0 Å². The van der Waals surface area contributed by atoms with Crippen molar-refractivity contribution in [2.45, 2.75) is 38.6 Å². The minimum Gasteiger partial charge on any atom is -0.369 e. The van der Waals surface area contributed by atoms with Gasteiger partial charge >= 0.3 is 0 Å². The monoisotopic (exact) mass is 259 g/mol. The van der Waals surface area contributed by atoms with Gasteiger partial charge in [-0.25, -0.2) is 4.99 Å². The molecule has 1 aromatic carbocycles. The molecule has 1 aliphatic heterocycles. The molecule has 0 saturated heterocycles. The normalized spacial score (nSPS) is 23.4. The predicted molar refractivity (Wildman–Crippen MR) is 76.9 cm³/mol. The Morgan fingerprint density at radius 3 is 2.84 bits per heavy atom. The van der Waals surface area contributed by atoms with Crippen molar-refractivity contribution >= 4 is 11.9 Å². The number of benzene rings is 1. The molecule has 1 atom stereocenters. The first kappa shape index (κ1) is 13.6. The van der Waals surface area contributed by atoms with Crippen molar-refractivity contribution in [3.63, 3.8) is 0 Å². The lowest BCUT2D eigenvalue weighted by atomic mass is 9.89. The maximum atomic E-state index is 11.9. The molecule has 0 spiro atoms. The molecule has 4 heteroatoms. The van der Waals surface area contributed by atoms with Crippen molar-refractivity contribution in [1.29, 1.82) is 0 Å². The van der Waals surface area contributed by atoms with Crippen molar-refractivity contribution in [3.05, 3.63) is 35.4 Å². The van der Waals surface area contributed by atoms with Gasteiger partial charge in [0.05, 0.1) is 12.0 Å². The smallest absolute Gasteiger partial charge is 0.231 e. The van der Waals surface area contributed by atoms with Crippen LogP contribution < -0.4 is 5.73 Å². The van der Waals surface area contributed by atoms with Gasteiger partial charge < -0.3 is 5.73 Å². The number of rotatable bonds is 3. The summed E-state index contributed by atoms with van der Waals surface area (Å²) in [5, 5.41) is 0. The summed E-state index contributed by atoms with van der Waals surface area (Å²) in [5.74, 6) is 0.363. The average Bonchev–Trinajstić information content (AvgIpc) is 2.34. The standard InChI is InChI=1S/C15H21N3O/c1-11-5-4-6-12(9-11)7-8-15(2)10-13(19)18(3)14(16)17-15/h4-6,9H,7-8,10H2,1-3H3,(H2,16,17). The molecule has 1 amide bonds. The van der Waals surface area contributed by atoms with Gasteiger partial charge in [-0.05, 0) is 32.3 Å². The number of aryl methyl sites for hydroxylation is 2. The van der Waals surface area contributed by atoms with Gasteiger partial charge in [-0.2, -0.15) is 0 Å². The summed E-state index contributed by atoms with van der Waals surface area (Å²) in [7, 11) is 1.67. The van der Waals surface area contributed by atoms with Crippen molar-refractivity contribution in [2.75, 3.05) is 7.05 Å². The molecule has 102 valence electrons. The maximum absolute atomic E-state index is 11.9. The van der Waals surface area contributed by atoms with E-state index in [1.165, 1.54) is 16.0 Å². The van der Waals surface area contributed by atoms with E-state index in [2.05, 4.69) is 36.2 Å². The molecule has 0 bridgehead atoms. The van der Waals surface area contributed by atoms with Crippen molar-refractivity contribution in [3.8, 4) is 0 Å². The number of carbonyl (C=O) groups is 1. The van der Waals surface area contributed by atoms with E-state index in [0.717, 1.165) is 12.8 Å². The molecule has 2 rings (SSSR count). The van der Waals surface area contributed by atoms with Gasteiger partial charge in [0.1, 0.15) is 0 Å². The van der Waals surface area contributed by atoms with Crippen LogP contribution in [0.1, 0.15) is 30.9 Å². The molecule has 0 aliphatic carbocycles. The quantitative estimate of drug-likeness (QED) is 0.900. The van der Waals surface area contributed by atoms with Gasteiger partial charge in [-0.15, -0.1) is 0 Å². The molecular formula is C15H21N3O. The van der Waals surface area contributed by atoms with E-state index in [1.54, 1.807) is 7.05 Å². The third kappa shape index (κ3) is 3.13. The lowest BCUT2D eigenvalue weighted by Gasteiger charge is -2.33. The summed E-state index contributed by atoms with van der Waals surface area (Å²) >= 11 is 0. The Balaban J connectivity index is 2.08. The predicted octanol–water partition coefficient (Wildman–Crippen LogP) is 1.86. The highest BCUT2D eigenvalue weighted by Gasteiger charge is 2.34. The van der Waals surface area contributed by atoms with Crippen LogP contribution in [0.5, 0.6) is 0 Å². The maximum Gasteiger partial charge on any atom is 0.231 e. The van der Waals surface area contributed by atoms with Gasteiger partial charge in [0, 0.05) is 7.05 Å². The van der Waals surface area contributed by atoms with Crippen LogP contribution in [0.2, 0.25) is 0 Å². The van der Waals surface area contributed by atoms with Crippen molar-refractivity contribution in [2.24, 2.45) is 10.7 Å². The van der Waals surface area contributed by atoms with Crippen LogP contribution in [-0.2, 0) is 11.2 Å². The third-order valence-corrected chi connectivity index (χ3v) is 3.67. The van der Waals surface area contributed by atoms with Gasteiger partial charge in [-0.1, -0.05) is 29.8 Å². The van der Waals surface area contributed by atoms with Gasteiger partial charge in [-0.3, -0.25) is 9.69 Å². The SMILES string of the molecule is Cc1cccc(CCC2(C)CC(=O)N(C)C(N)=N2)c1. The second-order valence-electron chi connectivity index (χ2n) is 5.59. The van der Waals surface area contributed by atoms with E-state index in [0.29, 0.717) is 12.4 Å². The molecule has 0 fully saturated rings. The molecule has 2 N–H and O–H groups in total. The van der Waals surface area contributed by atoms with Crippen LogP contribution in [0.15, 0.2) is 29.3 Å². The van der Waals surface area contributed by atoms with Gasteiger partial charge in [0.2, 0.25) is 5.91 Å². The van der Waals surface area contributed by atoms with Gasteiger partial charge in [0.15, 0.2) is 5.96 Å². The van der Waals surface area contributed by atoms with Crippen LogP contribution in [-0.4, -0.2) is 29.4 Å². The molecule has 19 heavy (non-hydrogen) atoms. The summed E-state index contributed by atoms with van der Waals surface area (Å²) in [6, 6.07) is 8.43. The number of guanidine groups is 1. The number of carbonyl (C=O) groups excluding carboxylic acids is 1. The largest absolute Gasteiger partial charge is 0.369 e. The fraction of sp³-hybridized carbons (Fsp3) is 0.467. The number of hydrogen-bond donors (Lipinski definition) is 1. The summed E-state index contributed by atoms with van der Waals surface area (Å²) in [4.78, 5) is 17.8. The molecule has 1 heterocycles. The number of hydrogen-bond acceptors (Lipinski definition) is 3. The first-order valence-corrected chi connectivity index (χ1v) is 6.57. The lowest BCUT2D eigenvalue weighted by molar-refractivity contribution is -0.128. The minimum absolute atomic E-state index is 0.0410. The highest BCUT2D eigenvalue weighted by Crippen LogP contribution is 2.27. The van der Waals surface area contributed by atoms with Crippen LogP contribution in [0.25, 0.3) is 0 Å². The summed E-state index contributed by atoms with van der Waals surface area (Å²) in [6.07, 6.45) is 2.17. The van der Waals surface area contributed by atoms with E-state index in [9.17, 15) is 4.79 Å². The van der Waals surface area contributed by atoms with Crippen LogP contribution in [0.3, 0.4) is 0 Å². The Labute approximate surface area is 114 Å². The summed E-state index contributed by atoms with van der Waals surface area (Å²) in [6.45, 7) is 4.08. The first-order valence-electron chi connectivity index (χ1n) is 6.57. The van der Waals surface area contributed by atoms with E-state index in [4.69, 9.17) is 5.73 Å². The zero-order valence-electron chi connectivity index (χ0n) is 11.8. The van der Waals surface area contributed by atoms with Crippen LogP contribution in [0.4, 0.5) is 0 Å². The Morgan fingerprint density at radius 1 is 1.47 bits per heavy atom. The van der Waals surface area contributed by atoms with E-state index in [1.807, 2.05) is 6.92 Å². The molecule has 1 unspecified atom stereocenters. The molecular weight excluding hydrogens is 238 g/mol. The number of nitrogens with zero attached hydrogens (tertiary/aromatic N) is 2. The number of aliphatic imine (C=N–C) groups is 1. The molecule has 1 aliphatic rings. The Bertz CT molecular complexity index is 524. The lowest BCUT2D eigenvalue weighted by Crippen LogP contribution is -2.48. The summed E-state index contributed by atoms with van der Waals surface area (Å²) < 4.78 is 0. The van der Waals surface area contributed by atoms with Crippen molar-refractivity contribution in [1.82, 2.24) is 4.90 Å². The third-order valence-electron chi connectivity index (χ3n) is 3.67. The fourth-order valence-electron chi connectivity index (χ4n) is 2.39. The first-order chi connectivity index (χ1) is 8.89. The number of amides is 1. The topological polar surface area (TPSA) is 58.7 Å². The number of nitrogens with two attached hydrogens (primary N) is 1. The zero-order valence-corrected chi connectivity index (χ0v) is 11.8. The molecule has 4 nitrogen and oxygen atoms in total. The van der Waals surface area contributed by atoms with Crippen molar-refractivity contribution < 1.29 is 4.79 Å². The second kappa shape index (κ2) is 5.03. The van der Waals surface area contributed by atoms with Crippen LogP contribution in [0, 0.1) is 6.92 Å². The van der Waals surface area contributed by atoms with Gasteiger partial charge in [0.25, 0.3) is 0 Å². The fourth-order valence-corrected chi connectivity index (χ4v) is 2.39. The minimum atomic E-state index is -0.378. The second-order valence-corrected chi connectivity index (χ2v) is 5.59. The van der Waals surface area contributed by atoms with Crippen LogP contribution >= 0.6 is 0 Å². The van der Waals surface area contributed by atoms with E-state index < -0.39 is 0 Å². The molecule has 0 radical (unpaired) electrons. The highest BCUT2D eigenvalue weighted by atomic mass is 16.2. The Hall–Kier alpha value is -1.84. The Kier molecular flexibility index (Phi) is 3.60. The molecule has 0 saturated carbocycles. The molecule has 1 aromatic rings.